The molecule has 0 amide bonds. The van der Waals surface area contributed by atoms with E-state index < -0.39 is 11.6 Å². The van der Waals surface area contributed by atoms with Crippen molar-refractivity contribution in [1.29, 1.82) is 0 Å². The third-order valence-electron chi connectivity index (χ3n) is 4.27. The molecular formula is C16H22BrF2N. The Morgan fingerprint density at radius 2 is 1.65 bits per heavy atom. The highest BCUT2D eigenvalue weighted by Crippen LogP contribution is 2.37. The standard InChI is InChI=1S/C16H22BrF2N/c1-16(2,3)12-4-6-20(7-5-12)15-13(18)8-11(10-17)9-14(15)19/h8-9,12H,4-7,10H2,1-3H3. The minimum Gasteiger partial charge on any atom is -0.367 e. The molecule has 2 rings (SSSR count). The average Bonchev–Trinajstić information content (AvgIpc) is 2.37. The summed E-state index contributed by atoms with van der Waals surface area (Å²) in [5.74, 6) is -0.283. The summed E-state index contributed by atoms with van der Waals surface area (Å²) in [6.07, 6.45) is 1.98. The molecule has 112 valence electrons. The number of rotatable bonds is 2. The number of benzene rings is 1. The highest BCUT2D eigenvalue weighted by molar-refractivity contribution is 9.08. The molecule has 1 aliphatic rings. The zero-order chi connectivity index (χ0) is 14.9. The van der Waals surface area contributed by atoms with Crippen LogP contribution in [0.25, 0.3) is 0 Å². The SMILES string of the molecule is CC(C)(C)C1CCN(c2c(F)cc(CBr)cc2F)CC1. The molecule has 0 radical (unpaired) electrons. The maximum atomic E-state index is 14.1. The monoisotopic (exact) mass is 345 g/mol. The minimum absolute atomic E-state index is 0.141. The molecule has 1 fully saturated rings. The Morgan fingerprint density at radius 3 is 2.05 bits per heavy atom. The fourth-order valence-electron chi connectivity index (χ4n) is 2.97. The Balaban J connectivity index is 2.15. The van der Waals surface area contributed by atoms with Crippen LogP contribution in [0.3, 0.4) is 0 Å². The highest BCUT2D eigenvalue weighted by Gasteiger charge is 2.30. The fourth-order valence-corrected chi connectivity index (χ4v) is 3.29. The largest absolute Gasteiger partial charge is 0.367 e. The predicted octanol–water partition coefficient (Wildman–Crippen LogP) is 5.12. The van der Waals surface area contributed by atoms with Gasteiger partial charge in [-0.25, -0.2) is 8.78 Å². The van der Waals surface area contributed by atoms with E-state index in [-0.39, 0.29) is 11.1 Å². The van der Waals surface area contributed by atoms with Crippen LogP contribution in [-0.2, 0) is 5.33 Å². The van der Waals surface area contributed by atoms with Gasteiger partial charge in [-0.05, 0) is 41.9 Å². The molecular weight excluding hydrogens is 324 g/mol. The molecule has 1 aliphatic heterocycles. The third kappa shape index (κ3) is 3.33. The second-order valence-electron chi connectivity index (χ2n) is 6.67. The van der Waals surface area contributed by atoms with E-state index in [0.717, 1.165) is 25.9 Å². The summed E-state index contributed by atoms with van der Waals surface area (Å²) < 4.78 is 28.2. The number of halogens is 3. The van der Waals surface area contributed by atoms with Crippen molar-refractivity contribution in [3.8, 4) is 0 Å². The number of anilines is 1. The van der Waals surface area contributed by atoms with Crippen molar-refractivity contribution in [2.24, 2.45) is 11.3 Å². The molecule has 1 heterocycles. The molecule has 1 saturated heterocycles. The van der Waals surface area contributed by atoms with E-state index in [2.05, 4.69) is 36.7 Å². The highest BCUT2D eigenvalue weighted by atomic mass is 79.9. The number of piperidine rings is 1. The van der Waals surface area contributed by atoms with Gasteiger partial charge in [0.2, 0.25) is 0 Å². The quantitative estimate of drug-likeness (QED) is 0.672. The van der Waals surface area contributed by atoms with Crippen molar-refractivity contribution < 1.29 is 8.78 Å². The maximum absolute atomic E-state index is 14.1. The number of nitrogens with zero attached hydrogens (tertiary/aromatic N) is 1. The molecule has 1 aromatic rings. The van der Waals surface area contributed by atoms with Crippen molar-refractivity contribution in [3.05, 3.63) is 29.3 Å². The van der Waals surface area contributed by atoms with Gasteiger partial charge in [0, 0.05) is 18.4 Å². The summed E-state index contributed by atoms with van der Waals surface area (Å²) in [5.41, 5.74) is 1.04. The molecule has 1 aromatic carbocycles. The van der Waals surface area contributed by atoms with Gasteiger partial charge in [-0.2, -0.15) is 0 Å². The predicted molar refractivity (Wildman–Crippen MR) is 83.4 cm³/mol. The molecule has 0 N–H and O–H groups in total. The molecule has 0 aromatic heterocycles. The van der Waals surface area contributed by atoms with Gasteiger partial charge in [-0.15, -0.1) is 0 Å². The Bertz CT molecular complexity index is 451. The summed E-state index contributed by atoms with van der Waals surface area (Å²) in [4.78, 5) is 1.85. The Morgan fingerprint density at radius 1 is 1.15 bits per heavy atom. The number of hydrogen-bond donors (Lipinski definition) is 0. The second kappa shape index (κ2) is 6.00. The van der Waals surface area contributed by atoms with Gasteiger partial charge in [0.1, 0.15) is 17.3 Å². The zero-order valence-electron chi connectivity index (χ0n) is 12.3. The molecule has 20 heavy (non-hydrogen) atoms. The topological polar surface area (TPSA) is 3.24 Å². The van der Waals surface area contributed by atoms with E-state index in [4.69, 9.17) is 0 Å². The van der Waals surface area contributed by atoms with E-state index in [1.165, 1.54) is 12.1 Å². The van der Waals surface area contributed by atoms with Crippen LogP contribution in [0, 0.1) is 23.0 Å². The summed E-state index contributed by atoms with van der Waals surface area (Å²) in [5, 5.41) is 0.465. The smallest absolute Gasteiger partial charge is 0.149 e. The summed E-state index contributed by atoms with van der Waals surface area (Å²) >= 11 is 3.23. The first-order chi connectivity index (χ1) is 9.32. The van der Waals surface area contributed by atoms with E-state index in [1.54, 1.807) is 0 Å². The first-order valence-electron chi connectivity index (χ1n) is 7.11. The lowest BCUT2D eigenvalue weighted by atomic mass is 9.75. The van der Waals surface area contributed by atoms with Gasteiger partial charge in [0.15, 0.2) is 0 Å². The summed E-state index contributed by atoms with van der Waals surface area (Å²) in [7, 11) is 0. The van der Waals surface area contributed by atoms with Crippen molar-refractivity contribution >= 4 is 21.6 Å². The first kappa shape index (κ1) is 15.7. The molecule has 0 saturated carbocycles. The first-order valence-corrected chi connectivity index (χ1v) is 8.24. The minimum atomic E-state index is -0.450. The third-order valence-corrected chi connectivity index (χ3v) is 4.91. The van der Waals surface area contributed by atoms with Crippen LogP contribution >= 0.6 is 15.9 Å². The second-order valence-corrected chi connectivity index (χ2v) is 7.23. The molecule has 0 spiro atoms. The van der Waals surface area contributed by atoms with Crippen LogP contribution in [0.5, 0.6) is 0 Å². The van der Waals surface area contributed by atoms with Crippen LogP contribution in [-0.4, -0.2) is 13.1 Å². The van der Waals surface area contributed by atoms with Gasteiger partial charge in [0.05, 0.1) is 0 Å². The van der Waals surface area contributed by atoms with Crippen LogP contribution < -0.4 is 4.90 Å². The van der Waals surface area contributed by atoms with Crippen molar-refractivity contribution in [1.82, 2.24) is 0 Å². The lowest BCUT2D eigenvalue weighted by molar-refractivity contribution is 0.198. The average molecular weight is 346 g/mol. The van der Waals surface area contributed by atoms with Crippen LogP contribution in [0.1, 0.15) is 39.2 Å². The molecule has 1 nitrogen and oxygen atoms in total. The number of hydrogen-bond acceptors (Lipinski definition) is 1. The van der Waals surface area contributed by atoms with E-state index in [0.29, 0.717) is 16.8 Å². The lowest BCUT2D eigenvalue weighted by Gasteiger charge is -2.39. The molecule has 0 bridgehead atoms. The van der Waals surface area contributed by atoms with Crippen LogP contribution in [0.2, 0.25) is 0 Å². The normalized spacial score (nSPS) is 17.6. The van der Waals surface area contributed by atoms with Crippen molar-refractivity contribution in [2.45, 2.75) is 38.9 Å². The van der Waals surface area contributed by atoms with E-state index >= 15 is 0 Å². The van der Waals surface area contributed by atoms with Crippen LogP contribution in [0.4, 0.5) is 14.5 Å². The summed E-state index contributed by atoms with van der Waals surface area (Å²) in [6, 6.07) is 2.84. The van der Waals surface area contributed by atoms with Crippen LogP contribution in [0.15, 0.2) is 12.1 Å². The van der Waals surface area contributed by atoms with Gasteiger partial charge in [0.25, 0.3) is 0 Å². The molecule has 0 aliphatic carbocycles. The van der Waals surface area contributed by atoms with Gasteiger partial charge < -0.3 is 4.90 Å². The Kier molecular flexibility index (Phi) is 4.73. The lowest BCUT2D eigenvalue weighted by Crippen LogP contribution is -2.38. The molecule has 0 atom stereocenters. The zero-order valence-corrected chi connectivity index (χ0v) is 13.9. The molecule has 0 unspecified atom stereocenters. The van der Waals surface area contributed by atoms with E-state index in [1.807, 2.05) is 4.90 Å². The Hall–Kier alpha value is -0.640. The number of alkyl halides is 1. The summed E-state index contributed by atoms with van der Waals surface area (Å²) in [6.45, 7) is 8.16. The Labute approximate surface area is 128 Å². The van der Waals surface area contributed by atoms with E-state index in [9.17, 15) is 8.78 Å². The van der Waals surface area contributed by atoms with Crippen molar-refractivity contribution in [3.63, 3.8) is 0 Å². The van der Waals surface area contributed by atoms with Gasteiger partial charge in [-0.3, -0.25) is 0 Å². The fraction of sp³-hybridized carbons (Fsp3) is 0.625. The van der Waals surface area contributed by atoms with Crippen molar-refractivity contribution in [2.75, 3.05) is 18.0 Å². The molecule has 4 heteroatoms. The maximum Gasteiger partial charge on any atom is 0.149 e. The van der Waals surface area contributed by atoms with Gasteiger partial charge >= 0.3 is 0 Å². The van der Waals surface area contributed by atoms with Gasteiger partial charge in [-0.1, -0.05) is 36.7 Å².